The summed E-state index contributed by atoms with van der Waals surface area (Å²) in [6, 6.07) is 8.11. The molecule has 0 saturated carbocycles. The van der Waals surface area contributed by atoms with Gasteiger partial charge in [0.15, 0.2) is 0 Å². The number of rotatable bonds is 0. The molecular formula is C15H13N3O. The first-order valence-electron chi connectivity index (χ1n) is 6.37. The molecule has 0 atom stereocenters. The summed E-state index contributed by atoms with van der Waals surface area (Å²) in [7, 11) is 2.05. The molecule has 0 radical (unpaired) electrons. The molecule has 4 rings (SSSR count). The van der Waals surface area contributed by atoms with Crippen LogP contribution in [0.15, 0.2) is 35.6 Å². The van der Waals surface area contributed by atoms with E-state index in [1.807, 2.05) is 24.4 Å². The highest BCUT2D eigenvalue weighted by molar-refractivity contribution is 6.20. The van der Waals surface area contributed by atoms with Gasteiger partial charge in [0.1, 0.15) is 0 Å². The topological polar surface area (TPSA) is 50.4 Å². The second kappa shape index (κ2) is 3.57. The van der Waals surface area contributed by atoms with Crippen molar-refractivity contribution in [2.75, 3.05) is 0 Å². The molecule has 3 aromatic rings. The number of benzene rings is 1. The Morgan fingerprint density at radius 2 is 2.11 bits per heavy atom. The second-order valence-electron chi connectivity index (χ2n) is 4.96. The molecule has 4 heteroatoms. The third-order valence-corrected chi connectivity index (χ3v) is 4.07. The Hall–Kier alpha value is -2.36. The third kappa shape index (κ3) is 1.23. The maximum atomic E-state index is 9.22. The maximum absolute atomic E-state index is 9.22. The fourth-order valence-electron chi connectivity index (χ4n) is 3.17. The molecule has 94 valence electrons. The molecule has 0 fully saturated rings. The summed E-state index contributed by atoms with van der Waals surface area (Å²) in [4.78, 5) is 4.51. The molecule has 2 heterocycles. The molecule has 19 heavy (non-hydrogen) atoms. The van der Waals surface area contributed by atoms with Crippen LogP contribution in [0.4, 0.5) is 0 Å². The number of hydrogen-bond acceptors (Lipinski definition) is 3. The van der Waals surface area contributed by atoms with Crippen LogP contribution in [-0.2, 0) is 13.5 Å². The lowest BCUT2D eigenvalue weighted by Crippen LogP contribution is -1.94. The summed E-state index contributed by atoms with van der Waals surface area (Å²) in [5.41, 5.74) is 5.20. The summed E-state index contributed by atoms with van der Waals surface area (Å²) < 4.78 is 2.17. The van der Waals surface area contributed by atoms with Crippen molar-refractivity contribution in [3.8, 4) is 0 Å². The van der Waals surface area contributed by atoms with Gasteiger partial charge in [-0.1, -0.05) is 23.4 Å². The monoisotopic (exact) mass is 251 g/mol. The smallest absolute Gasteiger partial charge is 0.0896 e. The van der Waals surface area contributed by atoms with E-state index in [0.29, 0.717) is 0 Å². The predicted octanol–water partition coefficient (Wildman–Crippen LogP) is 2.85. The molecule has 2 aromatic heterocycles. The van der Waals surface area contributed by atoms with E-state index in [1.54, 1.807) is 0 Å². The molecule has 0 saturated heterocycles. The van der Waals surface area contributed by atoms with Crippen LogP contribution in [0.5, 0.6) is 0 Å². The summed E-state index contributed by atoms with van der Waals surface area (Å²) in [6.07, 6.45) is 3.64. The van der Waals surface area contributed by atoms with E-state index in [4.69, 9.17) is 0 Å². The van der Waals surface area contributed by atoms with Gasteiger partial charge in [-0.25, -0.2) is 0 Å². The first kappa shape index (κ1) is 10.6. The van der Waals surface area contributed by atoms with Gasteiger partial charge in [-0.3, -0.25) is 4.98 Å². The van der Waals surface area contributed by atoms with Gasteiger partial charge in [-0.05, 0) is 18.9 Å². The second-order valence-corrected chi connectivity index (χ2v) is 4.96. The van der Waals surface area contributed by atoms with E-state index in [2.05, 4.69) is 27.8 Å². The predicted molar refractivity (Wildman–Crippen MR) is 74.9 cm³/mol. The summed E-state index contributed by atoms with van der Waals surface area (Å²) >= 11 is 0. The lowest BCUT2D eigenvalue weighted by atomic mass is 10.1. The van der Waals surface area contributed by atoms with E-state index >= 15 is 0 Å². The van der Waals surface area contributed by atoms with Crippen LogP contribution in [0.1, 0.15) is 17.7 Å². The van der Waals surface area contributed by atoms with Crippen LogP contribution >= 0.6 is 0 Å². The van der Waals surface area contributed by atoms with Crippen molar-refractivity contribution in [3.05, 3.63) is 41.7 Å². The average molecular weight is 251 g/mol. The number of oxime groups is 1. The van der Waals surface area contributed by atoms with Crippen molar-refractivity contribution in [2.45, 2.75) is 12.8 Å². The summed E-state index contributed by atoms with van der Waals surface area (Å²) in [5.74, 6) is 0. The van der Waals surface area contributed by atoms with Gasteiger partial charge < -0.3 is 9.77 Å². The summed E-state index contributed by atoms with van der Waals surface area (Å²) in [6.45, 7) is 0. The molecule has 0 spiro atoms. The van der Waals surface area contributed by atoms with Gasteiger partial charge in [-0.15, -0.1) is 0 Å². The Bertz CT molecular complexity index is 845. The SMILES string of the molecule is Cn1c2c(c3c4ccccc4ncc31)/C(=N\O)CC2. The van der Waals surface area contributed by atoms with Crippen LogP contribution in [0.2, 0.25) is 0 Å². The number of nitrogens with zero attached hydrogens (tertiary/aromatic N) is 3. The molecule has 1 N–H and O–H groups in total. The third-order valence-electron chi connectivity index (χ3n) is 4.07. The van der Waals surface area contributed by atoms with E-state index in [9.17, 15) is 5.21 Å². The first-order valence-corrected chi connectivity index (χ1v) is 6.37. The lowest BCUT2D eigenvalue weighted by Gasteiger charge is -2.03. The zero-order valence-electron chi connectivity index (χ0n) is 10.6. The molecule has 0 amide bonds. The average Bonchev–Trinajstić information content (AvgIpc) is 2.99. The lowest BCUT2D eigenvalue weighted by molar-refractivity contribution is 0.318. The molecule has 1 aliphatic carbocycles. The van der Waals surface area contributed by atoms with Crippen molar-refractivity contribution in [3.63, 3.8) is 0 Å². The molecular weight excluding hydrogens is 238 g/mol. The van der Waals surface area contributed by atoms with Gasteiger partial charge >= 0.3 is 0 Å². The van der Waals surface area contributed by atoms with Crippen molar-refractivity contribution < 1.29 is 5.21 Å². The fraction of sp³-hybridized carbons (Fsp3) is 0.200. The zero-order chi connectivity index (χ0) is 13.0. The minimum absolute atomic E-state index is 0.789. The molecule has 4 nitrogen and oxygen atoms in total. The van der Waals surface area contributed by atoms with Crippen molar-refractivity contribution in [1.29, 1.82) is 0 Å². The first-order chi connectivity index (χ1) is 9.31. The highest BCUT2D eigenvalue weighted by atomic mass is 16.4. The number of pyridine rings is 1. The van der Waals surface area contributed by atoms with Crippen molar-refractivity contribution >= 4 is 27.5 Å². The Kier molecular flexibility index (Phi) is 1.98. The number of hydrogen-bond donors (Lipinski definition) is 1. The molecule has 1 aliphatic rings. The van der Waals surface area contributed by atoms with Crippen molar-refractivity contribution in [1.82, 2.24) is 9.55 Å². The molecule has 1 aromatic carbocycles. The Morgan fingerprint density at radius 3 is 2.95 bits per heavy atom. The number of fused-ring (bicyclic) bond motifs is 5. The maximum Gasteiger partial charge on any atom is 0.0896 e. The summed E-state index contributed by atoms with van der Waals surface area (Å²) in [5, 5.41) is 15.0. The Morgan fingerprint density at radius 1 is 1.26 bits per heavy atom. The van der Waals surface area contributed by atoms with E-state index in [0.717, 1.165) is 45.9 Å². The van der Waals surface area contributed by atoms with E-state index in [-0.39, 0.29) is 0 Å². The van der Waals surface area contributed by atoms with Crippen LogP contribution in [-0.4, -0.2) is 20.5 Å². The van der Waals surface area contributed by atoms with Crippen LogP contribution < -0.4 is 0 Å². The largest absolute Gasteiger partial charge is 0.411 e. The highest BCUT2D eigenvalue weighted by Gasteiger charge is 2.27. The quantitative estimate of drug-likeness (QED) is 0.493. The minimum atomic E-state index is 0.789. The normalized spacial score (nSPS) is 16.6. The number of para-hydroxylation sites is 1. The standard InChI is InChI=1S/C15H13N3O/c1-18-12-7-6-11(17-19)15(12)14-9-4-2-3-5-10(9)16-8-13(14)18/h2-5,8,19H,6-7H2,1H3/b17-11-. The highest BCUT2D eigenvalue weighted by Crippen LogP contribution is 2.36. The molecule has 0 bridgehead atoms. The number of aromatic nitrogens is 2. The zero-order valence-corrected chi connectivity index (χ0v) is 10.6. The van der Waals surface area contributed by atoms with Gasteiger partial charge in [0, 0.05) is 29.1 Å². The Labute approximate surface area is 110 Å². The van der Waals surface area contributed by atoms with Gasteiger partial charge in [0.25, 0.3) is 0 Å². The van der Waals surface area contributed by atoms with Gasteiger partial charge in [0.05, 0.1) is 22.9 Å². The Balaban J connectivity index is 2.28. The van der Waals surface area contributed by atoms with Crippen LogP contribution in [0.25, 0.3) is 21.8 Å². The van der Waals surface area contributed by atoms with Crippen LogP contribution in [0, 0.1) is 0 Å². The van der Waals surface area contributed by atoms with Crippen LogP contribution in [0.3, 0.4) is 0 Å². The fourth-order valence-corrected chi connectivity index (χ4v) is 3.17. The number of aryl methyl sites for hydroxylation is 1. The van der Waals surface area contributed by atoms with Crippen molar-refractivity contribution in [2.24, 2.45) is 12.2 Å². The van der Waals surface area contributed by atoms with Gasteiger partial charge in [-0.2, -0.15) is 0 Å². The van der Waals surface area contributed by atoms with Gasteiger partial charge in [0.2, 0.25) is 0 Å². The van der Waals surface area contributed by atoms with E-state index < -0.39 is 0 Å². The van der Waals surface area contributed by atoms with E-state index in [1.165, 1.54) is 5.69 Å². The molecule has 0 unspecified atom stereocenters. The minimum Gasteiger partial charge on any atom is -0.411 e. The molecule has 0 aliphatic heterocycles.